The van der Waals surface area contributed by atoms with Crippen molar-refractivity contribution >= 4 is 7.82 Å². The molecule has 2 unspecified atom stereocenters. The first-order chi connectivity index (χ1) is 6.33. The molecule has 0 aliphatic heterocycles. The van der Waals surface area contributed by atoms with Crippen LogP contribution in [-0.4, -0.2) is 54.9 Å². The second-order valence-electron chi connectivity index (χ2n) is 3.25. The Kier molecular flexibility index (Phi) is 6.52. The summed E-state index contributed by atoms with van der Waals surface area (Å²) in [6, 6.07) is 0. The highest BCUT2D eigenvalue weighted by atomic mass is 31.2. The van der Waals surface area contributed by atoms with Gasteiger partial charge in [-0.25, -0.2) is 4.57 Å². The molecule has 0 aromatic carbocycles. The van der Waals surface area contributed by atoms with Gasteiger partial charge in [0.25, 0.3) is 0 Å². The van der Waals surface area contributed by atoms with Gasteiger partial charge in [-0.2, -0.15) is 0 Å². The fourth-order valence-electron chi connectivity index (χ4n) is 0.578. The number of hydrogen-bond acceptors (Lipinski definition) is 5. The van der Waals surface area contributed by atoms with Gasteiger partial charge < -0.3 is 14.9 Å². The molecule has 0 bridgehead atoms. The standard InChI is InChI=1S/C7H18NO5P/c1-7(9)6-13-14(10,11)12-5-4-8(2)3/h7,9H,4-6H2,1-3H3,(H,10,11). The predicted octanol–water partition coefficient (Wildman–Crippen LogP) is 0.0624. The average molecular weight is 227 g/mol. The summed E-state index contributed by atoms with van der Waals surface area (Å²) < 4.78 is 20.2. The molecule has 0 saturated carbocycles. The topological polar surface area (TPSA) is 79.2 Å². The Hall–Kier alpha value is 0.0300. The van der Waals surface area contributed by atoms with Crippen LogP contribution in [0.15, 0.2) is 0 Å². The molecule has 0 saturated heterocycles. The molecular weight excluding hydrogens is 209 g/mol. The maximum atomic E-state index is 11.1. The quantitative estimate of drug-likeness (QED) is 0.599. The third-order valence-electron chi connectivity index (χ3n) is 1.27. The van der Waals surface area contributed by atoms with Crippen molar-refractivity contribution in [3.63, 3.8) is 0 Å². The zero-order valence-electron chi connectivity index (χ0n) is 8.71. The molecule has 0 spiro atoms. The smallest absolute Gasteiger partial charge is 0.391 e. The maximum absolute atomic E-state index is 11.1. The predicted molar refractivity (Wildman–Crippen MR) is 52.0 cm³/mol. The number of phosphoric acid groups is 1. The molecule has 0 aliphatic carbocycles. The Balaban J connectivity index is 3.67. The van der Waals surface area contributed by atoms with Gasteiger partial charge in [-0.1, -0.05) is 0 Å². The van der Waals surface area contributed by atoms with Crippen LogP contribution in [0.4, 0.5) is 0 Å². The molecule has 0 aliphatic rings. The van der Waals surface area contributed by atoms with Gasteiger partial charge in [0.05, 0.1) is 19.3 Å². The van der Waals surface area contributed by atoms with E-state index >= 15 is 0 Å². The first-order valence-electron chi connectivity index (χ1n) is 4.28. The second kappa shape index (κ2) is 6.50. The van der Waals surface area contributed by atoms with Crippen LogP contribution in [-0.2, 0) is 13.6 Å². The lowest BCUT2D eigenvalue weighted by Gasteiger charge is -2.14. The Morgan fingerprint density at radius 2 is 2.00 bits per heavy atom. The molecule has 2 N–H and O–H groups in total. The molecule has 0 radical (unpaired) electrons. The molecule has 6 nitrogen and oxygen atoms in total. The van der Waals surface area contributed by atoms with E-state index in [1.165, 1.54) is 6.92 Å². The number of phosphoric ester groups is 1. The molecular formula is C7H18NO5P. The van der Waals surface area contributed by atoms with Crippen molar-refractivity contribution in [3.8, 4) is 0 Å². The molecule has 0 aromatic heterocycles. The molecule has 7 heteroatoms. The SMILES string of the molecule is CC(O)COP(=O)(O)OCCN(C)C. The van der Waals surface area contributed by atoms with Gasteiger partial charge in [0.2, 0.25) is 0 Å². The van der Waals surface area contributed by atoms with Crippen molar-refractivity contribution in [2.75, 3.05) is 33.9 Å². The van der Waals surface area contributed by atoms with Crippen molar-refractivity contribution in [1.29, 1.82) is 0 Å². The number of nitrogens with zero attached hydrogens (tertiary/aromatic N) is 1. The number of aliphatic hydroxyl groups is 1. The van der Waals surface area contributed by atoms with Gasteiger partial charge >= 0.3 is 7.82 Å². The van der Waals surface area contributed by atoms with Crippen LogP contribution >= 0.6 is 7.82 Å². The largest absolute Gasteiger partial charge is 0.472 e. The minimum absolute atomic E-state index is 0.112. The summed E-state index contributed by atoms with van der Waals surface area (Å²) >= 11 is 0. The highest BCUT2D eigenvalue weighted by molar-refractivity contribution is 7.47. The van der Waals surface area contributed by atoms with Gasteiger partial charge in [0, 0.05) is 6.54 Å². The highest BCUT2D eigenvalue weighted by Gasteiger charge is 2.21. The third-order valence-corrected chi connectivity index (χ3v) is 2.26. The van der Waals surface area contributed by atoms with Gasteiger partial charge in [-0.3, -0.25) is 9.05 Å². The van der Waals surface area contributed by atoms with E-state index < -0.39 is 13.9 Å². The zero-order chi connectivity index (χ0) is 11.2. The van der Waals surface area contributed by atoms with Crippen LogP contribution in [0.1, 0.15) is 6.92 Å². The average Bonchev–Trinajstić information content (AvgIpc) is 2.00. The van der Waals surface area contributed by atoms with Crippen molar-refractivity contribution in [3.05, 3.63) is 0 Å². The number of aliphatic hydroxyl groups excluding tert-OH is 1. The number of rotatable bonds is 7. The lowest BCUT2D eigenvalue weighted by atomic mass is 10.5. The van der Waals surface area contributed by atoms with E-state index in [-0.39, 0.29) is 13.2 Å². The first kappa shape index (κ1) is 14.0. The van der Waals surface area contributed by atoms with Gasteiger partial charge in [0.15, 0.2) is 0 Å². The molecule has 0 rings (SSSR count). The Bertz CT molecular complexity index is 197. The molecule has 0 amide bonds. The number of hydrogen-bond donors (Lipinski definition) is 2. The van der Waals surface area contributed by atoms with E-state index in [1.54, 1.807) is 0 Å². The van der Waals surface area contributed by atoms with Crippen molar-refractivity contribution < 1.29 is 23.6 Å². The maximum Gasteiger partial charge on any atom is 0.472 e. The van der Waals surface area contributed by atoms with Crippen LogP contribution in [0.5, 0.6) is 0 Å². The van der Waals surface area contributed by atoms with E-state index in [9.17, 15) is 4.57 Å². The fourth-order valence-corrected chi connectivity index (χ4v) is 1.37. The molecule has 0 aromatic rings. The van der Waals surface area contributed by atoms with Crippen molar-refractivity contribution in [2.45, 2.75) is 13.0 Å². The van der Waals surface area contributed by atoms with E-state index in [0.29, 0.717) is 6.54 Å². The summed E-state index contributed by atoms with van der Waals surface area (Å²) in [5.41, 5.74) is 0. The normalized spacial score (nSPS) is 18.1. The molecule has 86 valence electrons. The molecule has 0 fully saturated rings. The number of likely N-dealkylation sites (N-methyl/N-ethyl adjacent to an activating group) is 1. The summed E-state index contributed by atoms with van der Waals surface area (Å²) in [6.07, 6.45) is -0.784. The summed E-state index contributed by atoms with van der Waals surface area (Å²) in [5.74, 6) is 0. The van der Waals surface area contributed by atoms with Crippen LogP contribution in [0, 0.1) is 0 Å². The molecule has 2 atom stereocenters. The van der Waals surface area contributed by atoms with E-state index in [0.717, 1.165) is 0 Å². The minimum atomic E-state index is -3.99. The minimum Gasteiger partial charge on any atom is -0.391 e. The Morgan fingerprint density at radius 3 is 2.43 bits per heavy atom. The van der Waals surface area contributed by atoms with Crippen molar-refractivity contribution in [1.82, 2.24) is 4.90 Å². The fraction of sp³-hybridized carbons (Fsp3) is 1.00. The monoisotopic (exact) mass is 227 g/mol. The van der Waals surface area contributed by atoms with E-state index in [4.69, 9.17) is 10.00 Å². The van der Waals surface area contributed by atoms with Crippen LogP contribution in [0.2, 0.25) is 0 Å². The van der Waals surface area contributed by atoms with Gasteiger partial charge in [-0.15, -0.1) is 0 Å². The summed E-state index contributed by atoms with van der Waals surface area (Å²) in [6.45, 7) is 1.89. The van der Waals surface area contributed by atoms with Crippen molar-refractivity contribution in [2.24, 2.45) is 0 Å². The molecule has 0 heterocycles. The lowest BCUT2D eigenvalue weighted by molar-refractivity contribution is 0.0807. The summed E-state index contributed by atoms with van der Waals surface area (Å²) in [7, 11) is -0.346. The summed E-state index contributed by atoms with van der Waals surface area (Å²) in [4.78, 5) is 10.9. The van der Waals surface area contributed by atoms with E-state index in [2.05, 4.69) is 9.05 Å². The summed E-state index contributed by atoms with van der Waals surface area (Å²) in [5, 5.41) is 8.81. The van der Waals surface area contributed by atoms with Gasteiger partial charge in [-0.05, 0) is 21.0 Å². The Morgan fingerprint density at radius 1 is 1.43 bits per heavy atom. The zero-order valence-corrected chi connectivity index (χ0v) is 9.61. The first-order valence-corrected chi connectivity index (χ1v) is 5.77. The third kappa shape index (κ3) is 8.62. The van der Waals surface area contributed by atoms with E-state index in [1.807, 2.05) is 19.0 Å². The molecule has 14 heavy (non-hydrogen) atoms. The van der Waals surface area contributed by atoms with Crippen LogP contribution < -0.4 is 0 Å². The van der Waals surface area contributed by atoms with Gasteiger partial charge in [0.1, 0.15) is 0 Å². The Labute approximate surface area is 84.1 Å². The second-order valence-corrected chi connectivity index (χ2v) is 4.70. The van der Waals surface area contributed by atoms with Crippen LogP contribution in [0.25, 0.3) is 0 Å². The highest BCUT2D eigenvalue weighted by Crippen LogP contribution is 2.42. The van der Waals surface area contributed by atoms with Crippen LogP contribution in [0.3, 0.4) is 0 Å². The lowest BCUT2D eigenvalue weighted by Crippen LogP contribution is -2.18.